The second-order valence-electron chi connectivity index (χ2n) is 9.78. The lowest BCUT2D eigenvalue weighted by atomic mass is 9.44. The molecule has 4 fully saturated rings. The summed E-state index contributed by atoms with van der Waals surface area (Å²) in [5, 5.41) is 11.2. The molecule has 22 heavy (non-hydrogen) atoms. The van der Waals surface area contributed by atoms with Crippen LogP contribution in [0.4, 0.5) is 0 Å². The van der Waals surface area contributed by atoms with Crippen LogP contribution in [0.5, 0.6) is 0 Å². The molecule has 0 aromatic heterocycles. The van der Waals surface area contributed by atoms with E-state index in [0.717, 1.165) is 30.1 Å². The Morgan fingerprint density at radius 1 is 0.955 bits per heavy atom. The van der Waals surface area contributed by atoms with Crippen LogP contribution in [0.25, 0.3) is 0 Å². The second-order valence-corrected chi connectivity index (χ2v) is 9.78. The Morgan fingerprint density at radius 3 is 2.55 bits per heavy atom. The first-order chi connectivity index (χ1) is 10.5. The Labute approximate surface area is 137 Å². The predicted octanol–water partition coefficient (Wildman–Crippen LogP) is 5.42. The van der Waals surface area contributed by atoms with E-state index in [9.17, 15) is 5.11 Å². The third-order valence-corrected chi connectivity index (χ3v) is 9.20. The lowest BCUT2D eigenvalue weighted by molar-refractivity contribution is -0.168. The van der Waals surface area contributed by atoms with E-state index in [0.29, 0.717) is 16.7 Å². The highest BCUT2D eigenvalue weighted by molar-refractivity contribution is 5.11. The molecule has 0 heterocycles. The molecule has 0 radical (unpaired) electrons. The van der Waals surface area contributed by atoms with E-state index in [1.54, 1.807) is 0 Å². The highest BCUT2D eigenvalue weighted by Gasteiger charge is 2.62. The van der Waals surface area contributed by atoms with Crippen molar-refractivity contribution in [2.45, 2.75) is 91.1 Å². The Hall–Kier alpha value is -0.0400. The fourth-order valence-electron chi connectivity index (χ4n) is 8.19. The molecule has 0 bridgehead atoms. The average Bonchev–Trinajstić information content (AvgIpc) is 2.82. The second kappa shape index (κ2) is 5.23. The Balaban J connectivity index is 1.68. The number of rotatable bonds is 1. The highest BCUT2D eigenvalue weighted by atomic mass is 16.3. The van der Waals surface area contributed by atoms with Crippen LogP contribution in [0.15, 0.2) is 0 Å². The zero-order chi connectivity index (χ0) is 15.5. The average molecular weight is 305 g/mol. The minimum absolute atomic E-state index is 0.0238. The van der Waals surface area contributed by atoms with Gasteiger partial charge in [-0.25, -0.2) is 0 Å². The highest BCUT2D eigenvalue weighted by Crippen LogP contribution is 2.67. The van der Waals surface area contributed by atoms with Crippen LogP contribution in [0.3, 0.4) is 0 Å². The molecule has 4 rings (SSSR count). The third-order valence-electron chi connectivity index (χ3n) is 9.20. The van der Waals surface area contributed by atoms with E-state index >= 15 is 0 Å². The van der Waals surface area contributed by atoms with Crippen molar-refractivity contribution in [1.82, 2.24) is 0 Å². The van der Waals surface area contributed by atoms with Crippen LogP contribution in [0, 0.1) is 40.4 Å². The van der Waals surface area contributed by atoms with Gasteiger partial charge in [0, 0.05) is 0 Å². The van der Waals surface area contributed by atoms with E-state index in [4.69, 9.17) is 0 Å². The summed E-state index contributed by atoms with van der Waals surface area (Å²) < 4.78 is 0. The number of hydrogen-bond acceptors (Lipinski definition) is 1. The first-order valence-electron chi connectivity index (χ1n) is 10.2. The van der Waals surface area contributed by atoms with Gasteiger partial charge in [-0.2, -0.15) is 0 Å². The summed E-state index contributed by atoms with van der Waals surface area (Å²) in [6.07, 6.45) is 13.8. The first-order valence-corrected chi connectivity index (χ1v) is 10.2. The monoisotopic (exact) mass is 304 g/mol. The fourth-order valence-corrected chi connectivity index (χ4v) is 8.19. The van der Waals surface area contributed by atoms with Crippen molar-refractivity contribution in [2.24, 2.45) is 40.4 Å². The van der Waals surface area contributed by atoms with Crippen LogP contribution < -0.4 is 0 Å². The van der Waals surface area contributed by atoms with E-state index in [1.807, 2.05) is 0 Å². The third kappa shape index (κ3) is 1.93. The summed E-state index contributed by atoms with van der Waals surface area (Å²) in [5.74, 6) is 4.12. The number of hydrogen-bond donors (Lipinski definition) is 1. The Morgan fingerprint density at radius 2 is 1.77 bits per heavy atom. The molecule has 8 atom stereocenters. The smallest absolute Gasteiger partial charge is 0.0581 e. The van der Waals surface area contributed by atoms with Crippen molar-refractivity contribution >= 4 is 0 Å². The summed E-state index contributed by atoms with van der Waals surface area (Å²) in [4.78, 5) is 0. The molecule has 1 nitrogen and oxygen atoms in total. The van der Waals surface area contributed by atoms with Crippen LogP contribution in [-0.4, -0.2) is 11.2 Å². The van der Waals surface area contributed by atoms with Crippen molar-refractivity contribution in [3.8, 4) is 0 Å². The molecule has 0 spiro atoms. The molecule has 4 aliphatic rings. The molecule has 0 aromatic rings. The van der Waals surface area contributed by atoms with Crippen molar-refractivity contribution in [2.75, 3.05) is 0 Å². The van der Waals surface area contributed by atoms with Gasteiger partial charge in [-0.1, -0.05) is 40.0 Å². The molecule has 0 unspecified atom stereocenters. The van der Waals surface area contributed by atoms with Gasteiger partial charge in [0.2, 0.25) is 0 Å². The molecule has 4 saturated carbocycles. The minimum Gasteiger partial charge on any atom is -0.393 e. The molecule has 0 saturated heterocycles. The molecule has 1 heteroatoms. The topological polar surface area (TPSA) is 20.2 Å². The summed E-state index contributed by atoms with van der Waals surface area (Å²) >= 11 is 0. The Kier molecular flexibility index (Phi) is 3.68. The van der Waals surface area contributed by atoms with E-state index < -0.39 is 0 Å². The number of fused-ring (bicyclic) bond motifs is 5. The first kappa shape index (κ1) is 15.5. The lowest BCUT2D eigenvalue weighted by Crippen LogP contribution is -2.58. The molecule has 1 N–H and O–H groups in total. The standard InChI is InChI=1S/C21H36O/c1-4-14-9-11-17-16-10-8-15-7-5-6-12-20(15,2)19(16)18(22)13-21(14,17)3/h14-19,22H,4-13H2,1-3H3/t14-,15-,16-,17-,18-,19+,20-,21+/m0/s1. The lowest BCUT2D eigenvalue weighted by Gasteiger charge is -2.62. The minimum atomic E-state index is -0.0238. The fraction of sp³-hybridized carbons (Fsp3) is 1.00. The quantitative estimate of drug-likeness (QED) is 0.686. The molecular formula is C21H36O. The maximum Gasteiger partial charge on any atom is 0.0581 e. The van der Waals surface area contributed by atoms with Crippen molar-refractivity contribution in [3.63, 3.8) is 0 Å². The molecule has 0 aliphatic heterocycles. The van der Waals surface area contributed by atoms with Gasteiger partial charge in [0.1, 0.15) is 0 Å². The number of aliphatic hydroxyl groups is 1. The van der Waals surface area contributed by atoms with E-state index in [-0.39, 0.29) is 6.10 Å². The van der Waals surface area contributed by atoms with Gasteiger partial charge >= 0.3 is 0 Å². The Bertz CT molecular complexity index is 432. The van der Waals surface area contributed by atoms with Gasteiger partial charge in [0.15, 0.2) is 0 Å². The van der Waals surface area contributed by atoms with Crippen LogP contribution in [-0.2, 0) is 0 Å². The molecule has 126 valence electrons. The summed E-state index contributed by atoms with van der Waals surface area (Å²) in [7, 11) is 0. The van der Waals surface area contributed by atoms with Crippen LogP contribution in [0.2, 0.25) is 0 Å². The van der Waals surface area contributed by atoms with E-state index in [2.05, 4.69) is 20.8 Å². The van der Waals surface area contributed by atoms with E-state index in [1.165, 1.54) is 57.8 Å². The maximum absolute atomic E-state index is 11.2. The molecule has 4 aliphatic carbocycles. The van der Waals surface area contributed by atoms with Gasteiger partial charge < -0.3 is 5.11 Å². The van der Waals surface area contributed by atoms with Gasteiger partial charge in [0.25, 0.3) is 0 Å². The van der Waals surface area contributed by atoms with Gasteiger partial charge in [-0.05, 0) is 85.4 Å². The zero-order valence-electron chi connectivity index (χ0n) is 15.0. The summed E-state index contributed by atoms with van der Waals surface area (Å²) in [6.45, 7) is 7.47. The summed E-state index contributed by atoms with van der Waals surface area (Å²) in [6, 6.07) is 0. The SMILES string of the molecule is CC[C@H]1CC[C@H]2[C@@H]3CC[C@@H]4CCCC[C@]4(C)[C@H]3[C@@H](O)C[C@]12C. The summed E-state index contributed by atoms with van der Waals surface area (Å²) in [5.41, 5.74) is 0.888. The maximum atomic E-state index is 11.2. The van der Waals surface area contributed by atoms with Crippen molar-refractivity contribution < 1.29 is 5.11 Å². The van der Waals surface area contributed by atoms with Crippen molar-refractivity contribution in [1.29, 1.82) is 0 Å². The molecule has 0 aromatic carbocycles. The van der Waals surface area contributed by atoms with Crippen molar-refractivity contribution in [3.05, 3.63) is 0 Å². The predicted molar refractivity (Wildman–Crippen MR) is 91.5 cm³/mol. The van der Waals surface area contributed by atoms with Gasteiger partial charge in [-0.15, -0.1) is 0 Å². The van der Waals surface area contributed by atoms with Gasteiger partial charge in [0.05, 0.1) is 6.10 Å². The normalized spacial score (nSPS) is 57.8. The molecule has 0 amide bonds. The van der Waals surface area contributed by atoms with Crippen LogP contribution in [0.1, 0.15) is 85.0 Å². The number of aliphatic hydroxyl groups excluding tert-OH is 1. The van der Waals surface area contributed by atoms with Crippen LogP contribution >= 0.6 is 0 Å². The zero-order valence-corrected chi connectivity index (χ0v) is 15.0. The molecular weight excluding hydrogens is 268 g/mol. The largest absolute Gasteiger partial charge is 0.393 e. The van der Waals surface area contributed by atoms with Gasteiger partial charge in [-0.3, -0.25) is 0 Å².